The average Bonchev–Trinajstić information content (AvgIpc) is 3.15. The Bertz CT molecular complexity index is 2480. The van der Waals surface area contributed by atoms with Crippen molar-refractivity contribution in [1.82, 2.24) is 0 Å². The van der Waals surface area contributed by atoms with Crippen LogP contribution in [0.3, 0.4) is 0 Å². The van der Waals surface area contributed by atoms with Gasteiger partial charge in [-0.05, 0) is 54.8 Å². The van der Waals surface area contributed by atoms with Gasteiger partial charge < -0.3 is 9.80 Å². The monoisotopic (exact) mass is 842 g/mol. The van der Waals surface area contributed by atoms with Gasteiger partial charge in [0.25, 0.3) is 0 Å². The van der Waals surface area contributed by atoms with E-state index in [1.807, 2.05) is 0 Å². The lowest BCUT2D eigenvalue weighted by molar-refractivity contribution is -0.144. The predicted octanol–water partition coefficient (Wildman–Crippen LogP) is 13.8. The maximum Gasteiger partial charge on any atom is 0.422 e. The van der Waals surface area contributed by atoms with Gasteiger partial charge in [-0.2, -0.15) is 26.3 Å². The molecule has 0 N–H and O–H groups in total. The lowest BCUT2D eigenvalue weighted by Gasteiger charge is -2.34. The van der Waals surface area contributed by atoms with Crippen molar-refractivity contribution in [2.75, 3.05) is 9.80 Å². The van der Waals surface area contributed by atoms with Crippen molar-refractivity contribution >= 4 is 34.0 Å². The summed E-state index contributed by atoms with van der Waals surface area (Å²) in [7, 11) is 0. The molecule has 1 aliphatic rings. The number of anilines is 5. The molecule has 0 saturated carbocycles. The number of allylic oxidation sites excluding steroid dienone is 3. The van der Waals surface area contributed by atoms with Crippen molar-refractivity contribution in [3.05, 3.63) is 165 Å². The van der Waals surface area contributed by atoms with Gasteiger partial charge in [0.15, 0.2) is 69.8 Å². The van der Waals surface area contributed by atoms with Crippen molar-refractivity contribution < 1.29 is 79.0 Å². The van der Waals surface area contributed by atoms with E-state index in [1.165, 1.54) is 6.08 Å². The van der Waals surface area contributed by atoms with Crippen molar-refractivity contribution in [2.24, 2.45) is 0 Å². The maximum atomic E-state index is 15.8. The van der Waals surface area contributed by atoms with E-state index < -0.39 is 145 Å². The van der Waals surface area contributed by atoms with Gasteiger partial charge in [0.1, 0.15) is 22.5 Å². The van der Waals surface area contributed by atoms with Gasteiger partial charge in [0.05, 0.1) is 5.69 Å². The van der Waals surface area contributed by atoms with Gasteiger partial charge in [-0.3, -0.25) is 0 Å². The summed E-state index contributed by atoms with van der Waals surface area (Å²) in [5.41, 5.74) is -14.4. The molecule has 6 rings (SSSR count). The molecule has 0 bridgehead atoms. The number of benzene rings is 5. The van der Waals surface area contributed by atoms with Gasteiger partial charge in [0.2, 0.25) is 0 Å². The molecular weight excluding hydrogens is 826 g/mol. The molecule has 0 spiro atoms. The Morgan fingerprint density at radius 2 is 0.862 bits per heavy atom. The predicted molar refractivity (Wildman–Crippen MR) is 171 cm³/mol. The van der Waals surface area contributed by atoms with E-state index in [-0.39, 0.29) is 28.4 Å². The first kappa shape index (κ1) is 41.6. The summed E-state index contributed by atoms with van der Waals surface area (Å²) in [6.07, 6.45) is -10.6. The molecule has 58 heavy (non-hydrogen) atoms. The number of hydrogen-bond acceptors (Lipinski definition) is 2. The molecule has 0 unspecified atom stereocenters. The summed E-state index contributed by atoms with van der Waals surface area (Å²) in [5.74, 6) is -29.6. The third-order valence-electron chi connectivity index (χ3n) is 8.67. The molecule has 0 heterocycles. The first-order chi connectivity index (χ1) is 27.1. The van der Waals surface area contributed by atoms with E-state index in [1.54, 1.807) is 0 Å². The Morgan fingerprint density at radius 1 is 0.448 bits per heavy atom. The first-order valence-corrected chi connectivity index (χ1v) is 15.9. The number of nitrogens with zero attached hydrogens (tertiary/aromatic N) is 2. The fourth-order valence-corrected chi connectivity index (χ4v) is 6.21. The Hall–Kier alpha value is -6.08. The topological polar surface area (TPSA) is 6.48 Å². The highest BCUT2D eigenvalue weighted by atomic mass is 19.4. The highest BCUT2D eigenvalue weighted by Gasteiger charge is 2.45. The normalized spacial score (nSPS) is 13.4. The number of alkyl halides is 6. The number of hydrogen-bond donors (Lipinski definition) is 0. The van der Waals surface area contributed by atoms with Crippen molar-refractivity contribution in [1.29, 1.82) is 0 Å². The van der Waals surface area contributed by atoms with E-state index in [0.29, 0.717) is 24.3 Å². The fraction of sp³-hybridized carbons (Fsp3) is 0.105. The van der Waals surface area contributed by atoms with Crippen LogP contribution < -0.4 is 9.80 Å². The van der Waals surface area contributed by atoms with Crippen LogP contribution in [-0.4, -0.2) is 0 Å². The molecule has 1 aliphatic carbocycles. The molecule has 0 aliphatic heterocycles. The average molecular weight is 843 g/mol. The second-order valence-electron chi connectivity index (χ2n) is 12.1. The summed E-state index contributed by atoms with van der Waals surface area (Å²) < 4.78 is 262. The summed E-state index contributed by atoms with van der Waals surface area (Å²) in [5, 5.41) is 0. The molecular formula is C38H16F18N2. The fourth-order valence-electron chi connectivity index (χ4n) is 6.21. The Labute approximate surface area is 313 Å². The number of rotatable bonds is 7. The molecule has 0 saturated heterocycles. The largest absolute Gasteiger partial charge is 0.422 e. The van der Waals surface area contributed by atoms with Crippen LogP contribution in [0.5, 0.6) is 0 Å². The Kier molecular flexibility index (Phi) is 10.8. The van der Waals surface area contributed by atoms with Crippen LogP contribution >= 0.6 is 0 Å². The number of para-hydroxylation sites is 1. The Balaban J connectivity index is 1.74. The summed E-state index contributed by atoms with van der Waals surface area (Å²) >= 11 is 0. The molecule has 5 aromatic carbocycles. The van der Waals surface area contributed by atoms with Gasteiger partial charge in [0, 0.05) is 34.8 Å². The first-order valence-electron chi connectivity index (χ1n) is 15.9. The van der Waals surface area contributed by atoms with Crippen LogP contribution in [0, 0.1) is 69.8 Å². The van der Waals surface area contributed by atoms with Gasteiger partial charge in [-0.1, -0.05) is 24.3 Å². The molecule has 304 valence electrons. The van der Waals surface area contributed by atoms with Gasteiger partial charge in [-0.15, -0.1) is 0 Å². The smallest absolute Gasteiger partial charge is 0.305 e. The van der Waals surface area contributed by atoms with Crippen LogP contribution in [-0.2, 0) is 12.4 Å². The van der Waals surface area contributed by atoms with Gasteiger partial charge >= 0.3 is 12.4 Å². The quantitative estimate of drug-likeness (QED) is 0.119. The zero-order chi connectivity index (χ0) is 42.8. The second kappa shape index (κ2) is 15.0. The van der Waals surface area contributed by atoms with Crippen LogP contribution in [0.4, 0.5) is 107 Å². The van der Waals surface area contributed by atoms with Crippen molar-refractivity contribution in [3.8, 4) is 0 Å². The second-order valence-corrected chi connectivity index (χ2v) is 12.1. The minimum absolute atomic E-state index is 0.0817. The van der Waals surface area contributed by atoms with E-state index in [0.717, 1.165) is 30.3 Å². The van der Waals surface area contributed by atoms with Crippen molar-refractivity contribution in [2.45, 2.75) is 25.2 Å². The lowest BCUT2D eigenvalue weighted by Crippen LogP contribution is -2.25. The molecule has 2 nitrogen and oxygen atoms in total. The van der Waals surface area contributed by atoms with Gasteiger partial charge in [-0.25, -0.2) is 52.7 Å². The molecule has 0 fully saturated rings. The molecule has 5 aromatic rings. The maximum absolute atomic E-state index is 15.8. The standard InChI is InChI=1S/C38H16F18N2/c39-19-11-9-15(13-21(19)41)57(35-31(47)27(43)25(37(51,52)53)28(44)32(35)48)23-7-3-1-5-17(23)18-6-2-4-8-24(18)58(16-10-12-20(40)22(42)14-16)36-33(49)29(45)26(38(54,55)56)30(46)34(36)50/h1,3-5,7-14H,2,6H2. The van der Waals surface area contributed by atoms with E-state index >= 15 is 35.1 Å². The summed E-state index contributed by atoms with van der Waals surface area (Å²) in [4.78, 5) is 0.181. The molecule has 0 atom stereocenters. The van der Waals surface area contributed by atoms with E-state index in [4.69, 9.17) is 0 Å². The highest BCUT2D eigenvalue weighted by Crippen LogP contribution is 2.50. The minimum atomic E-state index is -6.03. The van der Waals surface area contributed by atoms with Crippen LogP contribution in [0.25, 0.3) is 5.57 Å². The molecule has 0 aromatic heterocycles. The lowest BCUT2D eigenvalue weighted by atomic mass is 9.91. The minimum Gasteiger partial charge on any atom is -0.305 e. The van der Waals surface area contributed by atoms with E-state index in [9.17, 15) is 43.9 Å². The third kappa shape index (κ3) is 7.08. The number of halogens is 18. The van der Waals surface area contributed by atoms with E-state index in [2.05, 4.69) is 0 Å². The zero-order valence-corrected chi connectivity index (χ0v) is 28.0. The Morgan fingerprint density at radius 3 is 1.29 bits per heavy atom. The summed E-state index contributed by atoms with van der Waals surface area (Å²) in [6, 6.07) is 6.17. The van der Waals surface area contributed by atoms with Crippen LogP contribution in [0.1, 0.15) is 29.5 Å². The third-order valence-corrected chi connectivity index (χ3v) is 8.67. The summed E-state index contributed by atoms with van der Waals surface area (Å²) in [6.45, 7) is 0. The molecule has 20 heteroatoms. The zero-order valence-electron chi connectivity index (χ0n) is 28.0. The highest BCUT2D eigenvalue weighted by molar-refractivity contribution is 5.91. The molecule has 0 radical (unpaired) electrons. The van der Waals surface area contributed by atoms with Crippen LogP contribution in [0.15, 0.2) is 78.5 Å². The van der Waals surface area contributed by atoms with Crippen molar-refractivity contribution in [3.63, 3.8) is 0 Å². The molecule has 0 amide bonds. The van der Waals surface area contributed by atoms with Crippen LogP contribution in [0.2, 0.25) is 0 Å². The SMILES string of the molecule is Fc1ccc(N(C2=C(c3ccccc3N(c3ccc(F)c(F)c3)c3c(F)c(F)c(C(F)(F)F)c(F)c3F)CCC=C2)c2c(F)c(F)c(C(F)(F)F)c(F)c2F)cc1F.